The lowest BCUT2D eigenvalue weighted by molar-refractivity contribution is 0.635. The molecule has 1 aliphatic carbocycles. The van der Waals surface area contributed by atoms with Gasteiger partial charge in [0.25, 0.3) is 0 Å². The van der Waals surface area contributed by atoms with Gasteiger partial charge >= 0.3 is 0 Å². The summed E-state index contributed by atoms with van der Waals surface area (Å²) in [7, 11) is 0. The third-order valence-corrected chi connectivity index (χ3v) is 3.49. The second-order valence-electron chi connectivity index (χ2n) is 4.84. The highest BCUT2D eigenvalue weighted by Crippen LogP contribution is 2.20. The number of pyridine rings is 1. The fourth-order valence-electron chi connectivity index (χ4n) is 2.41. The molecule has 2 N–H and O–H groups in total. The summed E-state index contributed by atoms with van der Waals surface area (Å²) in [6.45, 7) is 0. The molecular weight excluding hydrogens is 208 g/mol. The summed E-state index contributed by atoms with van der Waals surface area (Å²) >= 11 is 0. The van der Waals surface area contributed by atoms with Gasteiger partial charge in [0.05, 0.1) is 0 Å². The molecule has 1 aliphatic rings. The molecule has 0 spiro atoms. The van der Waals surface area contributed by atoms with E-state index in [1.54, 1.807) is 0 Å². The van der Waals surface area contributed by atoms with Gasteiger partial charge in [0.15, 0.2) is 0 Å². The Morgan fingerprint density at radius 2 is 2.18 bits per heavy atom. The van der Waals surface area contributed by atoms with E-state index in [-0.39, 0.29) is 6.04 Å². The van der Waals surface area contributed by atoms with Crippen molar-refractivity contribution in [3.05, 3.63) is 41.7 Å². The molecule has 1 heterocycles. The van der Waals surface area contributed by atoms with Crippen molar-refractivity contribution in [1.82, 2.24) is 4.98 Å². The van der Waals surface area contributed by atoms with Crippen molar-refractivity contribution in [2.45, 2.75) is 51.0 Å². The molecule has 1 atom stereocenters. The first kappa shape index (κ1) is 12.3. The van der Waals surface area contributed by atoms with Gasteiger partial charge in [-0.25, -0.2) is 0 Å². The van der Waals surface area contributed by atoms with Crippen molar-refractivity contribution < 1.29 is 0 Å². The zero-order chi connectivity index (χ0) is 11.9. The number of hydrogen-bond donors (Lipinski definition) is 1. The van der Waals surface area contributed by atoms with Gasteiger partial charge in [-0.1, -0.05) is 24.1 Å². The lowest BCUT2D eigenvalue weighted by atomic mass is 9.98. The highest BCUT2D eigenvalue weighted by atomic mass is 14.7. The first-order valence-electron chi connectivity index (χ1n) is 6.70. The normalized spacial score (nSPS) is 18.3. The number of aromatic nitrogens is 1. The van der Waals surface area contributed by atoms with E-state index in [4.69, 9.17) is 5.73 Å². The van der Waals surface area contributed by atoms with Crippen molar-refractivity contribution in [1.29, 1.82) is 0 Å². The van der Waals surface area contributed by atoms with Crippen LogP contribution in [0, 0.1) is 0 Å². The van der Waals surface area contributed by atoms with Crippen LogP contribution in [0.1, 0.15) is 44.2 Å². The molecule has 0 fully saturated rings. The van der Waals surface area contributed by atoms with Crippen molar-refractivity contribution in [2.75, 3.05) is 0 Å². The predicted molar refractivity (Wildman–Crippen MR) is 71.7 cm³/mol. The molecule has 0 amide bonds. The Balaban J connectivity index is 1.84. The Morgan fingerprint density at radius 1 is 1.24 bits per heavy atom. The van der Waals surface area contributed by atoms with Gasteiger partial charge in [0.1, 0.15) is 0 Å². The molecule has 0 saturated carbocycles. The van der Waals surface area contributed by atoms with Crippen LogP contribution in [0.3, 0.4) is 0 Å². The molecule has 0 radical (unpaired) electrons. The number of nitrogens with two attached hydrogens (primary N) is 1. The molecule has 1 aromatic heterocycles. The number of aryl methyl sites for hydroxylation is 1. The van der Waals surface area contributed by atoms with Gasteiger partial charge in [0.2, 0.25) is 0 Å². The van der Waals surface area contributed by atoms with E-state index in [0.29, 0.717) is 0 Å². The Morgan fingerprint density at radius 3 is 3.00 bits per heavy atom. The minimum absolute atomic E-state index is 0.232. The summed E-state index contributed by atoms with van der Waals surface area (Å²) in [6, 6.07) is 6.31. The largest absolute Gasteiger partial charge is 0.324 e. The van der Waals surface area contributed by atoms with E-state index in [2.05, 4.69) is 17.1 Å². The van der Waals surface area contributed by atoms with E-state index in [0.717, 1.165) is 18.5 Å². The molecule has 2 nitrogen and oxygen atoms in total. The van der Waals surface area contributed by atoms with Crippen molar-refractivity contribution in [3.8, 4) is 0 Å². The van der Waals surface area contributed by atoms with E-state index in [1.165, 1.54) is 37.7 Å². The fourth-order valence-corrected chi connectivity index (χ4v) is 2.41. The number of allylic oxidation sites excluding steroid dienone is 1. The molecule has 2 rings (SSSR count). The van der Waals surface area contributed by atoms with Crippen LogP contribution >= 0.6 is 0 Å². The van der Waals surface area contributed by atoms with Gasteiger partial charge in [-0.3, -0.25) is 4.98 Å². The SMILES string of the molecule is NC(CCc1ccccn1)C1=CCCCCC1. The second kappa shape index (κ2) is 6.55. The quantitative estimate of drug-likeness (QED) is 0.806. The number of rotatable bonds is 4. The summed E-state index contributed by atoms with van der Waals surface area (Å²) < 4.78 is 0. The molecule has 0 aromatic carbocycles. The van der Waals surface area contributed by atoms with Gasteiger partial charge in [-0.15, -0.1) is 0 Å². The van der Waals surface area contributed by atoms with Gasteiger partial charge in [0, 0.05) is 17.9 Å². The Kier molecular flexibility index (Phi) is 4.75. The lowest BCUT2D eigenvalue weighted by Gasteiger charge is -2.14. The van der Waals surface area contributed by atoms with Gasteiger partial charge in [-0.2, -0.15) is 0 Å². The first-order valence-corrected chi connectivity index (χ1v) is 6.70. The van der Waals surface area contributed by atoms with Crippen molar-refractivity contribution in [3.63, 3.8) is 0 Å². The van der Waals surface area contributed by atoms with E-state index in [1.807, 2.05) is 18.3 Å². The molecule has 92 valence electrons. The Hall–Kier alpha value is -1.15. The monoisotopic (exact) mass is 230 g/mol. The van der Waals surface area contributed by atoms with Crippen LogP contribution in [-0.4, -0.2) is 11.0 Å². The molecule has 0 saturated heterocycles. The van der Waals surface area contributed by atoms with Gasteiger partial charge < -0.3 is 5.73 Å². The van der Waals surface area contributed by atoms with Crippen molar-refractivity contribution >= 4 is 0 Å². The summed E-state index contributed by atoms with van der Waals surface area (Å²) in [5.41, 5.74) is 8.89. The first-order chi connectivity index (χ1) is 8.36. The minimum Gasteiger partial charge on any atom is -0.324 e. The maximum Gasteiger partial charge on any atom is 0.0404 e. The zero-order valence-corrected chi connectivity index (χ0v) is 10.4. The third-order valence-electron chi connectivity index (χ3n) is 3.49. The number of nitrogens with zero attached hydrogens (tertiary/aromatic N) is 1. The smallest absolute Gasteiger partial charge is 0.0404 e. The van der Waals surface area contributed by atoms with Crippen LogP contribution in [0.2, 0.25) is 0 Å². The van der Waals surface area contributed by atoms with Crippen LogP contribution in [0.15, 0.2) is 36.0 Å². The topological polar surface area (TPSA) is 38.9 Å². The fraction of sp³-hybridized carbons (Fsp3) is 0.533. The van der Waals surface area contributed by atoms with Crippen LogP contribution in [-0.2, 0) is 6.42 Å². The third kappa shape index (κ3) is 3.97. The molecule has 1 unspecified atom stereocenters. The standard InChI is InChI=1S/C15H22N2/c16-15(13-7-3-1-2-4-8-13)11-10-14-9-5-6-12-17-14/h5-7,9,12,15H,1-4,8,10-11,16H2. The molecule has 0 bridgehead atoms. The summed E-state index contributed by atoms with van der Waals surface area (Å²) in [6.07, 6.45) is 12.6. The van der Waals surface area contributed by atoms with E-state index in [9.17, 15) is 0 Å². The van der Waals surface area contributed by atoms with Gasteiger partial charge in [-0.05, 0) is 50.7 Å². The molecule has 17 heavy (non-hydrogen) atoms. The predicted octanol–water partition coefficient (Wildman–Crippen LogP) is 3.23. The highest BCUT2D eigenvalue weighted by Gasteiger charge is 2.11. The van der Waals surface area contributed by atoms with Crippen LogP contribution in [0.5, 0.6) is 0 Å². The Bertz CT molecular complexity index is 356. The highest BCUT2D eigenvalue weighted by molar-refractivity contribution is 5.12. The molecule has 0 aliphatic heterocycles. The second-order valence-corrected chi connectivity index (χ2v) is 4.84. The Labute approximate surface area is 104 Å². The zero-order valence-electron chi connectivity index (χ0n) is 10.4. The van der Waals surface area contributed by atoms with Crippen LogP contribution < -0.4 is 5.73 Å². The summed E-state index contributed by atoms with van der Waals surface area (Å²) in [5, 5.41) is 0. The van der Waals surface area contributed by atoms with Crippen molar-refractivity contribution in [2.24, 2.45) is 5.73 Å². The summed E-state index contributed by atoms with van der Waals surface area (Å²) in [5.74, 6) is 0. The molecule has 1 aromatic rings. The maximum atomic E-state index is 6.27. The average molecular weight is 230 g/mol. The lowest BCUT2D eigenvalue weighted by Crippen LogP contribution is -2.23. The summed E-state index contributed by atoms with van der Waals surface area (Å²) in [4.78, 5) is 4.34. The van der Waals surface area contributed by atoms with E-state index >= 15 is 0 Å². The van der Waals surface area contributed by atoms with Crippen LogP contribution in [0.4, 0.5) is 0 Å². The molecular formula is C15H22N2. The number of hydrogen-bond acceptors (Lipinski definition) is 2. The van der Waals surface area contributed by atoms with E-state index < -0.39 is 0 Å². The minimum atomic E-state index is 0.232. The molecule has 2 heteroatoms. The maximum absolute atomic E-state index is 6.27. The average Bonchev–Trinajstić information content (AvgIpc) is 2.66. The van der Waals surface area contributed by atoms with Crippen LogP contribution in [0.25, 0.3) is 0 Å².